The molecule has 1 aliphatic heterocycles. The highest BCUT2D eigenvalue weighted by Crippen LogP contribution is 2.33. The van der Waals surface area contributed by atoms with Crippen LogP contribution in [0.25, 0.3) is 16.9 Å². The first-order valence-corrected chi connectivity index (χ1v) is 8.00. The lowest BCUT2D eigenvalue weighted by atomic mass is 10.0. The Balaban J connectivity index is 1.89. The van der Waals surface area contributed by atoms with Gasteiger partial charge in [-0.15, -0.1) is 0 Å². The number of hydrogen-bond acceptors (Lipinski definition) is 2. The van der Waals surface area contributed by atoms with Gasteiger partial charge in [0.25, 0.3) is 0 Å². The Bertz CT molecular complexity index is 807. The summed E-state index contributed by atoms with van der Waals surface area (Å²) in [7, 11) is 0. The molecule has 0 bridgehead atoms. The molecule has 0 spiro atoms. The van der Waals surface area contributed by atoms with E-state index in [9.17, 15) is 4.39 Å². The van der Waals surface area contributed by atoms with E-state index >= 15 is 0 Å². The number of nitrogens with zero attached hydrogens (tertiary/aromatic N) is 2. The Morgan fingerprint density at radius 3 is 2.52 bits per heavy atom. The van der Waals surface area contributed by atoms with Gasteiger partial charge in [-0.05, 0) is 43.5 Å². The van der Waals surface area contributed by atoms with Gasteiger partial charge in [-0.3, -0.25) is 0 Å². The van der Waals surface area contributed by atoms with Crippen LogP contribution in [-0.2, 0) is 6.42 Å². The van der Waals surface area contributed by atoms with Gasteiger partial charge in [-0.25, -0.2) is 9.07 Å². The minimum atomic E-state index is -0.233. The summed E-state index contributed by atoms with van der Waals surface area (Å²) in [5.74, 6) is 0.802. The largest absolute Gasteiger partial charge is 0.370 e. The smallest absolute Gasteiger partial charge is 0.133 e. The Labute approximate surface area is 134 Å². The van der Waals surface area contributed by atoms with Crippen LogP contribution in [0.15, 0.2) is 54.6 Å². The molecule has 0 saturated carbocycles. The highest BCUT2D eigenvalue weighted by atomic mass is 19.1. The molecule has 2 aromatic carbocycles. The van der Waals surface area contributed by atoms with Gasteiger partial charge in [0.2, 0.25) is 0 Å². The third kappa shape index (κ3) is 2.61. The van der Waals surface area contributed by atoms with E-state index in [2.05, 4.69) is 17.4 Å². The molecular weight excluding hydrogens is 289 g/mol. The molecule has 4 heteroatoms. The maximum atomic E-state index is 13.2. The molecule has 1 N–H and O–H groups in total. The third-order valence-corrected chi connectivity index (χ3v) is 4.25. The summed E-state index contributed by atoms with van der Waals surface area (Å²) in [6.45, 7) is 0.939. The molecule has 0 atom stereocenters. The highest BCUT2D eigenvalue weighted by Gasteiger charge is 2.21. The number of aromatic nitrogens is 2. The lowest BCUT2D eigenvalue weighted by Crippen LogP contribution is -2.07. The molecule has 1 aliphatic rings. The molecule has 0 radical (unpaired) electrons. The molecule has 0 unspecified atom stereocenters. The lowest BCUT2D eigenvalue weighted by Gasteiger charge is -2.09. The first kappa shape index (κ1) is 14.0. The van der Waals surface area contributed by atoms with Crippen molar-refractivity contribution in [3.63, 3.8) is 0 Å². The third-order valence-electron chi connectivity index (χ3n) is 4.25. The average molecular weight is 307 g/mol. The quantitative estimate of drug-likeness (QED) is 0.759. The summed E-state index contributed by atoms with van der Waals surface area (Å²) in [5.41, 5.74) is 4.25. The summed E-state index contributed by atoms with van der Waals surface area (Å²) in [6.07, 6.45) is 3.30. The Kier molecular flexibility index (Phi) is 3.58. The maximum absolute atomic E-state index is 13.2. The second kappa shape index (κ2) is 5.88. The minimum Gasteiger partial charge on any atom is -0.370 e. The van der Waals surface area contributed by atoms with E-state index in [4.69, 9.17) is 5.10 Å². The molecule has 0 amide bonds. The number of nitrogens with one attached hydrogen (secondary N) is 1. The topological polar surface area (TPSA) is 29.9 Å². The van der Waals surface area contributed by atoms with Crippen LogP contribution in [0.2, 0.25) is 0 Å². The van der Waals surface area contributed by atoms with Gasteiger partial charge in [0.1, 0.15) is 11.6 Å². The van der Waals surface area contributed by atoms with Crippen LogP contribution in [0.4, 0.5) is 10.2 Å². The molecule has 1 aromatic heterocycles. The van der Waals surface area contributed by atoms with Gasteiger partial charge in [-0.1, -0.05) is 30.3 Å². The molecular formula is C19H18FN3. The lowest BCUT2D eigenvalue weighted by molar-refractivity contribution is 0.627. The van der Waals surface area contributed by atoms with Gasteiger partial charge in [0.15, 0.2) is 0 Å². The Morgan fingerprint density at radius 1 is 0.957 bits per heavy atom. The van der Waals surface area contributed by atoms with Crippen molar-refractivity contribution in [2.45, 2.75) is 19.3 Å². The predicted molar refractivity (Wildman–Crippen MR) is 90.4 cm³/mol. The van der Waals surface area contributed by atoms with Gasteiger partial charge >= 0.3 is 0 Å². The standard InChI is InChI=1S/C19H18FN3/c20-15-9-11-16(12-10-15)23-19-17(8-4-5-13-21-19)18(22-23)14-6-2-1-3-7-14/h1-3,6-7,9-12,21H,4-5,8,13H2. The van der Waals surface area contributed by atoms with Crippen LogP contribution in [0.1, 0.15) is 18.4 Å². The van der Waals surface area contributed by atoms with Crippen molar-refractivity contribution in [2.75, 3.05) is 11.9 Å². The van der Waals surface area contributed by atoms with Gasteiger partial charge < -0.3 is 5.32 Å². The first-order chi connectivity index (χ1) is 11.3. The van der Waals surface area contributed by atoms with Crippen molar-refractivity contribution < 1.29 is 4.39 Å². The van der Waals surface area contributed by atoms with Crippen molar-refractivity contribution in [1.82, 2.24) is 9.78 Å². The molecule has 0 aliphatic carbocycles. The van der Waals surface area contributed by atoms with Crippen LogP contribution < -0.4 is 5.32 Å². The highest BCUT2D eigenvalue weighted by molar-refractivity contribution is 5.71. The summed E-state index contributed by atoms with van der Waals surface area (Å²) in [6, 6.07) is 16.7. The number of halogens is 1. The van der Waals surface area contributed by atoms with Crippen molar-refractivity contribution in [1.29, 1.82) is 0 Å². The molecule has 0 saturated heterocycles. The second-order valence-corrected chi connectivity index (χ2v) is 5.81. The van der Waals surface area contributed by atoms with Crippen LogP contribution in [0.5, 0.6) is 0 Å². The second-order valence-electron chi connectivity index (χ2n) is 5.81. The minimum absolute atomic E-state index is 0.233. The fourth-order valence-electron chi connectivity index (χ4n) is 3.10. The van der Waals surface area contributed by atoms with Gasteiger partial charge in [0, 0.05) is 17.7 Å². The number of anilines is 1. The van der Waals surface area contributed by atoms with Crippen LogP contribution in [-0.4, -0.2) is 16.3 Å². The van der Waals surface area contributed by atoms with Gasteiger partial charge in [0.05, 0.1) is 11.4 Å². The monoisotopic (exact) mass is 307 g/mol. The number of fused-ring (bicyclic) bond motifs is 1. The zero-order chi connectivity index (χ0) is 15.6. The summed E-state index contributed by atoms with van der Waals surface area (Å²) in [4.78, 5) is 0. The van der Waals surface area contributed by atoms with Crippen LogP contribution in [0.3, 0.4) is 0 Å². The normalized spacial score (nSPS) is 14.0. The average Bonchev–Trinajstić information content (AvgIpc) is 2.78. The summed E-state index contributed by atoms with van der Waals surface area (Å²) >= 11 is 0. The predicted octanol–water partition coefficient (Wildman–Crippen LogP) is 4.43. The summed E-state index contributed by atoms with van der Waals surface area (Å²) in [5, 5.41) is 8.34. The van der Waals surface area contributed by atoms with Crippen molar-refractivity contribution >= 4 is 5.82 Å². The molecule has 3 nitrogen and oxygen atoms in total. The molecule has 0 fully saturated rings. The number of hydrogen-bond donors (Lipinski definition) is 1. The first-order valence-electron chi connectivity index (χ1n) is 8.00. The fraction of sp³-hybridized carbons (Fsp3) is 0.211. The molecule has 3 aromatic rings. The SMILES string of the molecule is Fc1ccc(-n2nc(-c3ccccc3)c3c2NCCCC3)cc1. The van der Waals surface area contributed by atoms with E-state index in [0.717, 1.165) is 48.6 Å². The van der Waals surface area contributed by atoms with Gasteiger partial charge in [-0.2, -0.15) is 5.10 Å². The summed E-state index contributed by atoms with van der Waals surface area (Å²) < 4.78 is 15.1. The van der Waals surface area contributed by atoms with E-state index in [-0.39, 0.29) is 5.82 Å². The molecule has 4 rings (SSSR count). The van der Waals surface area contributed by atoms with E-state index < -0.39 is 0 Å². The number of rotatable bonds is 2. The zero-order valence-electron chi connectivity index (χ0n) is 12.8. The Morgan fingerprint density at radius 2 is 1.74 bits per heavy atom. The fourth-order valence-corrected chi connectivity index (χ4v) is 3.10. The van der Waals surface area contributed by atoms with Crippen LogP contribution >= 0.6 is 0 Å². The van der Waals surface area contributed by atoms with Crippen molar-refractivity contribution in [3.8, 4) is 16.9 Å². The van der Waals surface area contributed by atoms with Crippen LogP contribution in [0, 0.1) is 5.82 Å². The zero-order valence-corrected chi connectivity index (χ0v) is 12.8. The van der Waals surface area contributed by atoms with E-state index in [1.807, 2.05) is 22.9 Å². The van der Waals surface area contributed by atoms with E-state index in [0.29, 0.717) is 0 Å². The molecule has 2 heterocycles. The maximum Gasteiger partial charge on any atom is 0.133 e. The van der Waals surface area contributed by atoms with Crippen molar-refractivity contribution in [3.05, 3.63) is 66.0 Å². The Hall–Kier alpha value is -2.62. The number of benzene rings is 2. The molecule has 116 valence electrons. The van der Waals surface area contributed by atoms with Crippen molar-refractivity contribution in [2.24, 2.45) is 0 Å². The van der Waals surface area contributed by atoms with E-state index in [1.165, 1.54) is 17.7 Å². The van der Waals surface area contributed by atoms with E-state index in [1.54, 1.807) is 12.1 Å². The molecule has 23 heavy (non-hydrogen) atoms.